The number of aromatic nitrogens is 1. The van der Waals surface area contributed by atoms with Crippen LogP contribution >= 0.6 is 0 Å². The number of nitrogens with two attached hydrogens (primary N) is 1. The van der Waals surface area contributed by atoms with E-state index >= 15 is 0 Å². The minimum atomic E-state index is -1.98. The van der Waals surface area contributed by atoms with E-state index in [-0.39, 0.29) is 17.1 Å². The molecule has 1 unspecified atom stereocenters. The predicted octanol–water partition coefficient (Wildman–Crippen LogP) is 4.12. The molecule has 1 aromatic rings. The second kappa shape index (κ2) is 7.33. The minimum Gasteiger partial charge on any atom is -0.465 e. The van der Waals surface area contributed by atoms with E-state index in [2.05, 4.69) is 38.8 Å². The van der Waals surface area contributed by atoms with E-state index in [1.165, 1.54) is 4.90 Å². The van der Waals surface area contributed by atoms with Crippen LogP contribution in [0.1, 0.15) is 45.3 Å². The van der Waals surface area contributed by atoms with E-state index < -0.39 is 14.4 Å². The van der Waals surface area contributed by atoms with E-state index in [0.29, 0.717) is 18.9 Å². The fraction of sp³-hybridized carbons (Fsp3) is 0.667. The molecule has 2 heterocycles. The van der Waals surface area contributed by atoms with Crippen molar-refractivity contribution in [3.8, 4) is 0 Å². The number of nitrogen functional groups attached to an aromatic ring is 1. The number of hydrogen-bond acceptors (Lipinski definition) is 4. The van der Waals surface area contributed by atoms with Crippen molar-refractivity contribution < 1.29 is 14.3 Å². The van der Waals surface area contributed by atoms with E-state index in [9.17, 15) is 9.90 Å². The summed E-state index contributed by atoms with van der Waals surface area (Å²) in [6.45, 7) is 12.3. The van der Waals surface area contributed by atoms with Crippen LogP contribution < -0.4 is 5.73 Å². The van der Waals surface area contributed by atoms with Gasteiger partial charge in [-0.15, -0.1) is 0 Å². The van der Waals surface area contributed by atoms with Gasteiger partial charge in [-0.25, -0.2) is 9.78 Å². The van der Waals surface area contributed by atoms with Gasteiger partial charge in [-0.05, 0) is 48.5 Å². The Morgan fingerprint density at radius 2 is 1.96 bits per heavy atom. The van der Waals surface area contributed by atoms with Crippen LogP contribution in [-0.2, 0) is 4.43 Å². The standard InChI is InChI=1S/C18H31N3O3Si/c1-18(2,3)25(4,5)24-16(14-6-7-15(19)20-12-14)13-8-10-21(11-9-13)17(22)23/h6-7,12-13,16H,8-11H2,1-5H3,(H2,19,20)(H,22,23). The van der Waals surface area contributed by atoms with Gasteiger partial charge in [-0.1, -0.05) is 26.8 Å². The summed E-state index contributed by atoms with van der Waals surface area (Å²) in [5.41, 5.74) is 6.77. The van der Waals surface area contributed by atoms with Gasteiger partial charge in [0.1, 0.15) is 5.82 Å². The molecule has 6 nitrogen and oxygen atoms in total. The molecule has 1 aliphatic rings. The van der Waals surface area contributed by atoms with Crippen LogP contribution in [-0.4, -0.2) is 42.5 Å². The fourth-order valence-corrected chi connectivity index (χ4v) is 4.23. The molecule has 1 aromatic heterocycles. The average Bonchev–Trinajstić information content (AvgIpc) is 2.52. The maximum absolute atomic E-state index is 11.2. The molecule has 3 N–H and O–H groups in total. The Bertz CT molecular complexity index is 591. The molecular weight excluding hydrogens is 334 g/mol. The molecule has 0 radical (unpaired) electrons. The highest BCUT2D eigenvalue weighted by molar-refractivity contribution is 6.74. The minimum absolute atomic E-state index is 0.0649. The normalized spacial score (nSPS) is 18.2. The smallest absolute Gasteiger partial charge is 0.407 e. The highest BCUT2D eigenvalue weighted by atomic mass is 28.4. The Hall–Kier alpha value is -1.60. The van der Waals surface area contributed by atoms with Crippen LogP contribution in [0.2, 0.25) is 18.1 Å². The number of rotatable bonds is 4. The Kier molecular flexibility index (Phi) is 5.78. The largest absolute Gasteiger partial charge is 0.465 e. The molecule has 0 bridgehead atoms. The number of anilines is 1. The van der Waals surface area contributed by atoms with E-state index in [1.807, 2.05) is 12.1 Å². The number of carbonyl (C=O) groups is 1. The molecule has 0 aromatic carbocycles. The number of carboxylic acid groups (broad SMARTS) is 1. The molecule has 7 heteroatoms. The highest BCUT2D eigenvalue weighted by Gasteiger charge is 2.42. The summed E-state index contributed by atoms with van der Waals surface area (Å²) < 4.78 is 6.76. The van der Waals surface area contributed by atoms with Gasteiger partial charge < -0.3 is 20.2 Å². The third-order valence-electron chi connectivity index (χ3n) is 5.60. The number of hydrogen-bond donors (Lipinski definition) is 2. The third-order valence-corrected chi connectivity index (χ3v) is 10.1. The second-order valence-corrected chi connectivity index (χ2v) is 13.2. The lowest BCUT2D eigenvalue weighted by Gasteiger charge is -2.43. The fourth-order valence-electron chi connectivity index (χ4n) is 2.91. The number of piperidine rings is 1. The predicted molar refractivity (Wildman–Crippen MR) is 102 cm³/mol. The summed E-state index contributed by atoms with van der Waals surface area (Å²) in [6.07, 6.45) is 2.50. The van der Waals surface area contributed by atoms with Crippen molar-refractivity contribution in [1.29, 1.82) is 0 Å². The highest BCUT2D eigenvalue weighted by Crippen LogP contribution is 2.43. The van der Waals surface area contributed by atoms with E-state index in [1.54, 1.807) is 6.20 Å². The maximum Gasteiger partial charge on any atom is 0.407 e. The van der Waals surface area contributed by atoms with E-state index in [0.717, 1.165) is 18.4 Å². The van der Waals surface area contributed by atoms with Crippen molar-refractivity contribution in [3.05, 3.63) is 23.9 Å². The molecule has 1 amide bonds. The first kappa shape index (κ1) is 19.7. The van der Waals surface area contributed by atoms with Crippen LogP contribution in [0.3, 0.4) is 0 Å². The quantitative estimate of drug-likeness (QED) is 0.784. The molecular formula is C18H31N3O3Si. The number of likely N-dealkylation sites (tertiary alicyclic amines) is 1. The number of pyridine rings is 1. The first-order valence-corrected chi connectivity index (χ1v) is 11.8. The Morgan fingerprint density at radius 3 is 2.40 bits per heavy atom. The van der Waals surface area contributed by atoms with Crippen LogP contribution in [0.15, 0.2) is 18.3 Å². The van der Waals surface area contributed by atoms with Crippen molar-refractivity contribution in [2.75, 3.05) is 18.8 Å². The molecule has 0 aliphatic carbocycles. The lowest BCUT2D eigenvalue weighted by atomic mass is 9.88. The molecule has 1 saturated heterocycles. The van der Waals surface area contributed by atoms with E-state index in [4.69, 9.17) is 10.2 Å². The Balaban J connectivity index is 2.24. The van der Waals surface area contributed by atoms with Gasteiger partial charge in [0.15, 0.2) is 8.32 Å². The number of amides is 1. The Labute approximate surface area is 151 Å². The summed E-state index contributed by atoms with van der Waals surface area (Å²) >= 11 is 0. The first-order chi connectivity index (χ1) is 11.5. The van der Waals surface area contributed by atoms with Crippen molar-refractivity contribution in [1.82, 2.24) is 9.88 Å². The zero-order valence-corrected chi connectivity index (χ0v) is 17.0. The van der Waals surface area contributed by atoms with Gasteiger partial charge in [0.2, 0.25) is 0 Å². The van der Waals surface area contributed by atoms with Crippen LogP contribution in [0.4, 0.5) is 10.6 Å². The molecule has 1 aliphatic heterocycles. The molecule has 1 fully saturated rings. The Morgan fingerprint density at radius 1 is 1.36 bits per heavy atom. The second-order valence-electron chi connectivity index (χ2n) is 8.42. The summed E-state index contributed by atoms with van der Waals surface area (Å²) in [5.74, 6) is 0.783. The van der Waals surface area contributed by atoms with Gasteiger partial charge in [0.05, 0.1) is 6.10 Å². The lowest BCUT2D eigenvalue weighted by molar-refractivity contribution is 0.0639. The third kappa shape index (κ3) is 4.73. The average molecular weight is 366 g/mol. The maximum atomic E-state index is 11.2. The SMILES string of the molecule is CC(C)(C)[Si](C)(C)OC(c1ccc(N)nc1)C1CCN(C(=O)O)CC1. The van der Waals surface area contributed by atoms with Crippen molar-refractivity contribution >= 4 is 20.2 Å². The molecule has 0 spiro atoms. The first-order valence-electron chi connectivity index (χ1n) is 8.88. The van der Waals surface area contributed by atoms with Crippen molar-refractivity contribution in [3.63, 3.8) is 0 Å². The monoisotopic (exact) mass is 365 g/mol. The summed E-state index contributed by atoms with van der Waals surface area (Å²) in [6, 6.07) is 3.80. The van der Waals surface area contributed by atoms with Gasteiger partial charge >= 0.3 is 6.09 Å². The van der Waals surface area contributed by atoms with Crippen molar-refractivity contribution in [2.45, 2.75) is 57.8 Å². The van der Waals surface area contributed by atoms with Gasteiger partial charge in [0, 0.05) is 19.3 Å². The van der Waals surface area contributed by atoms with Gasteiger partial charge in [0.25, 0.3) is 0 Å². The molecule has 1 atom stereocenters. The summed E-state index contributed by atoms with van der Waals surface area (Å²) in [4.78, 5) is 16.9. The van der Waals surface area contributed by atoms with Crippen molar-refractivity contribution in [2.24, 2.45) is 5.92 Å². The van der Waals surface area contributed by atoms with Crippen LogP contribution in [0, 0.1) is 5.92 Å². The molecule has 2 rings (SSSR count). The summed E-state index contributed by atoms with van der Waals surface area (Å²) in [7, 11) is -1.98. The summed E-state index contributed by atoms with van der Waals surface area (Å²) in [5, 5.41) is 9.29. The number of nitrogens with zero attached hydrogens (tertiary/aromatic N) is 2. The molecule has 0 saturated carbocycles. The topological polar surface area (TPSA) is 88.7 Å². The van der Waals surface area contributed by atoms with Gasteiger partial charge in [-0.2, -0.15) is 0 Å². The zero-order chi connectivity index (χ0) is 18.8. The molecule has 140 valence electrons. The van der Waals surface area contributed by atoms with Gasteiger partial charge in [-0.3, -0.25) is 0 Å². The van der Waals surface area contributed by atoms with Crippen LogP contribution in [0.5, 0.6) is 0 Å². The molecule has 25 heavy (non-hydrogen) atoms. The van der Waals surface area contributed by atoms with Crippen LogP contribution in [0.25, 0.3) is 0 Å². The lowest BCUT2D eigenvalue weighted by Crippen LogP contribution is -2.45. The zero-order valence-electron chi connectivity index (χ0n) is 16.0.